The van der Waals surface area contributed by atoms with Crippen LogP contribution in [0.15, 0.2) is 24.3 Å². The van der Waals surface area contributed by atoms with E-state index in [2.05, 4.69) is 10.2 Å². The number of rotatable bonds is 4. The van der Waals surface area contributed by atoms with Crippen molar-refractivity contribution in [3.8, 4) is 0 Å². The quantitative estimate of drug-likeness (QED) is 0.876. The highest BCUT2D eigenvalue weighted by atomic mass is 19.1. The highest BCUT2D eigenvalue weighted by Gasteiger charge is 2.34. The lowest BCUT2D eigenvalue weighted by atomic mass is 9.94. The normalized spacial score (nSPS) is 23.2. The molecule has 0 saturated carbocycles. The zero-order valence-electron chi connectivity index (χ0n) is 12.0. The van der Waals surface area contributed by atoms with Gasteiger partial charge in [0.05, 0.1) is 12.1 Å². The largest absolute Gasteiger partial charge is 0.353 e. The summed E-state index contributed by atoms with van der Waals surface area (Å²) in [5.41, 5.74) is 7.22. The van der Waals surface area contributed by atoms with Crippen molar-refractivity contribution in [2.75, 3.05) is 13.1 Å². The lowest BCUT2D eigenvalue weighted by Gasteiger charge is -2.41. The van der Waals surface area contributed by atoms with Gasteiger partial charge in [-0.25, -0.2) is 4.39 Å². The molecule has 0 aromatic heterocycles. The lowest BCUT2D eigenvalue weighted by molar-refractivity contribution is -0.129. The van der Waals surface area contributed by atoms with Gasteiger partial charge in [0, 0.05) is 19.1 Å². The highest BCUT2D eigenvalue weighted by molar-refractivity contribution is 5.82. The van der Waals surface area contributed by atoms with Crippen LogP contribution in [0.1, 0.15) is 31.9 Å². The molecule has 1 aromatic rings. The van der Waals surface area contributed by atoms with Crippen molar-refractivity contribution in [3.63, 3.8) is 0 Å². The number of nitrogens with one attached hydrogen (secondary N) is 1. The second kappa shape index (κ2) is 6.33. The minimum absolute atomic E-state index is 0.0201. The van der Waals surface area contributed by atoms with Crippen LogP contribution in [0.25, 0.3) is 0 Å². The molecular weight excluding hydrogens is 257 g/mol. The SMILES string of the molecule is CCC(N)C(c1ccc(F)cc1)N1CCNC(=O)C1C. The molecule has 1 heterocycles. The van der Waals surface area contributed by atoms with Crippen LogP contribution < -0.4 is 11.1 Å². The van der Waals surface area contributed by atoms with Gasteiger partial charge in [0.25, 0.3) is 0 Å². The molecule has 1 aliphatic rings. The van der Waals surface area contributed by atoms with E-state index in [4.69, 9.17) is 5.73 Å². The van der Waals surface area contributed by atoms with Gasteiger partial charge < -0.3 is 11.1 Å². The molecule has 0 radical (unpaired) electrons. The van der Waals surface area contributed by atoms with Crippen molar-refractivity contribution < 1.29 is 9.18 Å². The fourth-order valence-corrected chi connectivity index (χ4v) is 2.75. The third-order valence-corrected chi connectivity index (χ3v) is 3.99. The number of carbonyl (C=O) groups excluding carboxylic acids is 1. The third kappa shape index (κ3) is 2.99. The molecule has 3 atom stereocenters. The van der Waals surface area contributed by atoms with Gasteiger partial charge >= 0.3 is 0 Å². The molecule has 3 N–H and O–H groups in total. The van der Waals surface area contributed by atoms with Gasteiger partial charge in [-0.15, -0.1) is 0 Å². The number of halogens is 1. The van der Waals surface area contributed by atoms with Crippen molar-refractivity contribution in [2.24, 2.45) is 5.73 Å². The van der Waals surface area contributed by atoms with E-state index in [1.165, 1.54) is 12.1 Å². The Labute approximate surface area is 119 Å². The van der Waals surface area contributed by atoms with E-state index in [0.717, 1.165) is 18.5 Å². The van der Waals surface area contributed by atoms with Crippen LogP contribution in [0.4, 0.5) is 4.39 Å². The number of benzene rings is 1. The molecular formula is C15H22FN3O. The summed E-state index contributed by atoms with van der Waals surface area (Å²) < 4.78 is 13.1. The third-order valence-electron chi connectivity index (χ3n) is 3.99. The number of carbonyl (C=O) groups is 1. The summed E-state index contributed by atoms with van der Waals surface area (Å²) in [5.74, 6) is -0.242. The van der Waals surface area contributed by atoms with E-state index in [9.17, 15) is 9.18 Å². The number of nitrogens with zero attached hydrogens (tertiary/aromatic N) is 1. The maximum atomic E-state index is 13.1. The van der Waals surface area contributed by atoms with E-state index >= 15 is 0 Å². The van der Waals surface area contributed by atoms with Gasteiger partial charge in [-0.3, -0.25) is 9.69 Å². The van der Waals surface area contributed by atoms with Crippen molar-refractivity contribution in [1.29, 1.82) is 0 Å². The van der Waals surface area contributed by atoms with Gasteiger partial charge in [0.15, 0.2) is 0 Å². The van der Waals surface area contributed by atoms with Crippen LogP contribution in [0.2, 0.25) is 0 Å². The zero-order chi connectivity index (χ0) is 14.7. The molecule has 2 rings (SSSR count). The molecule has 1 fully saturated rings. The zero-order valence-corrected chi connectivity index (χ0v) is 12.0. The fourth-order valence-electron chi connectivity index (χ4n) is 2.75. The first-order valence-corrected chi connectivity index (χ1v) is 7.09. The summed E-state index contributed by atoms with van der Waals surface area (Å²) in [4.78, 5) is 14.0. The minimum Gasteiger partial charge on any atom is -0.353 e. The molecule has 1 aliphatic heterocycles. The maximum Gasteiger partial charge on any atom is 0.237 e. The van der Waals surface area contributed by atoms with Crippen molar-refractivity contribution in [3.05, 3.63) is 35.6 Å². The van der Waals surface area contributed by atoms with Gasteiger partial charge in [0.1, 0.15) is 5.82 Å². The van der Waals surface area contributed by atoms with Crippen LogP contribution in [0.3, 0.4) is 0 Å². The number of hydrogen-bond donors (Lipinski definition) is 2. The topological polar surface area (TPSA) is 58.4 Å². The summed E-state index contributed by atoms with van der Waals surface area (Å²) in [7, 11) is 0. The molecule has 0 bridgehead atoms. The van der Waals surface area contributed by atoms with Gasteiger partial charge in [-0.1, -0.05) is 19.1 Å². The summed E-state index contributed by atoms with van der Waals surface area (Å²) in [6.45, 7) is 5.28. The van der Waals surface area contributed by atoms with Crippen molar-refractivity contribution in [2.45, 2.75) is 38.4 Å². The predicted octanol–water partition coefficient (Wildman–Crippen LogP) is 1.42. The molecule has 20 heavy (non-hydrogen) atoms. The Hall–Kier alpha value is -1.46. The standard InChI is InChI=1S/C15H22FN3O/c1-3-13(17)14(11-4-6-12(16)7-5-11)19-9-8-18-15(20)10(19)2/h4-7,10,13-14H,3,8-9,17H2,1-2H3,(H,18,20). The number of hydrogen-bond acceptors (Lipinski definition) is 3. The first-order chi connectivity index (χ1) is 9.54. The molecule has 1 aromatic carbocycles. The maximum absolute atomic E-state index is 13.1. The van der Waals surface area contributed by atoms with Gasteiger partial charge in [-0.2, -0.15) is 0 Å². The average molecular weight is 279 g/mol. The monoisotopic (exact) mass is 279 g/mol. The van der Waals surface area contributed by atoms with E-state index in [1.54, 1.807) is 12.1 Å². The van der Waals surface area contributed by atoms with Crippen LogP contribution in [-0.2, 0) is 4.79 Å². The summed E-state index contributed by atoms with van der Waals surface area (Å²) >= 11 is 0. The molecule has 110 valence electrons. The van der Waals surface area contributed by atoms with Crippen molar-refractivity contribution in [1.82, 2.24) is 10.2 Å². The lowest BCUT2D eigenvalue weighted by Crippen LogP contribution is -2.57. The van der Waals surface area contributed by atoms with E-state index < -0.39 is 0 Å². The Balaban J connectivity index is 2.32. The van der Waals surface area contributed by atoms with Crippen LogP contribution in [0.5, 0.6) is 0 Å². The van der Waals surface area contributed by atoms with Crippen LogP contribution in [0, 0.1) is 5.82 Å². The average Bonchev–Trinajstić information content (AvgIpc) is 2.45. The molecule has 1 amide bonds. The van der Waals surface area contributed by atoms with Crippen LogP contribution >= 0.6 is 0 Å². The van der Waals surface area contributed by atoms with E-state index in [0.29, 0.717) is 6.54 Å². The molecule has 1 saturated heterocycles. The number of amides is 1. The van der Waals surface area contributed by atoms with E-state index in [1.807, 2.05) is 13.8 Å². The molecule has 5 heteroatoms. The van der Waals surface area contributed by atoms with Gasteiger partial charge in [-0.05, 0) is 31.0 Å². The number of nitrogens with two attached hydrogens (primary N) is 1. The highest BCUT2D eigenvalue weighted by Crippen LogP contribution is 2.28. The van der Waals surface area contributed by atoms with E-state index in [-0.39, 0.29) is 29.8 Å². The minimum atomic E-state index is -0.262. The summed E-state index contributed by atoms with van der Waals surface area (Å²) in [5, 5.41) is 2.85. The second-order valence-corrected chi connectivity index (χ2v) is 5.27. The van der Waals surface area contributed by atoms with Gasteiger partial charge in [0.2, 0.25) is 5.91 Å². The first kappa shape index (κ1) is 14.9. The van der Waals surface area contributed by atoms with Crippen LogP contribution in [-0.4, -0.2) is 36.0 Å². The summed E-state index contributed by atoms with van der Waals surface area (Å²) in [6.07, 6.45) is 0.798. The Morgan fingerprint density at radius 3 is 2.70 bits per heavy atom. The fraction of sp³-hybridized carbons (Fsp3) is 0.533. The Bertz CT molecular complexity index is 463. The second-order valence-electron chi connectivity index (χ2n) is 5.27. The Morgan fingerprint density at radius 2 is 2.10 bits per heavy atom. The van der Waals surface area contributed by atoms with Crippen molar-refractivity contribution >= 4 is 5.91 Å². The smallest absolute Gasteiger partial charge is 0.237 e. The molecule has 3 unspecified atom stereocenters. The molecule has 0 aliphatic carbocycles. The predicted molar refractivity (Wildman–Crippen MR) is 76.6 cm³/mol. The Morgan fingerprint density at radius 1 is 1.45 bits per heavy atom. The first-order valence-electron chi connectivity index (χ1n) is 7.09. The molecule has 4 nitrogen and oxygen atoms in total. The number of piperazine rings is 1. The Kier molecular flexibility index (Phi) is 4.73. The molecule has 0 spiro atoms. The summed E-state index contributed by atoms with van der Waals surface area (Å²) in [6, 6.07) is 6.02.